The zero-order valence-electron chi connectivity index (χ0n) is 12.6. The lowest BCUT2D eigenvalue weighted by Crippen LogP contribution is -2.31. The number of carbonyl (C=O) groups is 2. The van der Waals surface area contributed by atoms with Crippen molar-refractivity contribution in [3.8, 4) is 0 Å². The molecule has 0 fully saturated rings. The highest BCUT2D eigenvalue weighted by Crippen LogP contribution is 2.25. The molecule has 112 valence electrons. The Bertz CT molecular complexity index is 278. The van der Waals surface area contributed by atoms with E-state index in [4.69, 9.17) is 5.73 Å². The van der Waals surface area contributed by atoms with Crippen LogP contribution in [0.1, 0.15) is 52.9 Å². The fourth-order valence-corrected chi connectivity index (χ4v) is 1.72. The molecule has 19 heavy (non-hydrogen) atoms. The molecule has 0 heterocycles. The van der Waals surface area contributed by atoms with Crippen LogP contribution in [0.25, 0.3) is 0 Å². The van der Waals surface area contributed by atoms with Gasteiger partial charge in [-0.25, -0.2) is 0 Å². The van der Waals surface area contributed by atoms with Gasteiger partial charge in [0.05, 0.1) is 0 Å². The summed E-state index contributed by atoms with van der Waals surface area (Å²) in [6, 6.07) is 0. The zero-order chi connectivity index (χ0) is 14.7. The lowest BCUT2D eigenvalue weighted by Gasteiger charge is -2.23. The van der Waals surface area contributed by atoms with Gasteiger partial charge in [0.2, 0.25) is 11.8 Å². The first-order chi connectivity index (χ1) is 8.91. The van der Waals surface area contributed by atoms with Gasteiger partial charge in [-0.3, -0.25) is 9.59 Å². The molecule has 0 saturated heterocycles. The number of amides is 2. The van der Waals surface area contributed by atoms with Gasteiger partial charge in [-0.1, -0.05) is 20.8 Å². The third-order valence-electron chi connectivity index (χ3n) is 3.10. The molecule has 0 rings (SSSR count). The molecule has 0 atom stereocenters. The van der Waals surface area contributed by atoms with Crippen molar-refractivity contribution in [1.82, 2.24) is 10.6 Å². The van der Waals surface area contributed by atoms with Gasteiger partial charge in [0.25, 0.3) is 0 Å². The normalized spacial score (nSPS) is 11.2. The van der Waals surface area contributed by atoms with Crippen molar-refractivity contribution in [2.75, 3.05) is 19.6 Å². The van der Waals surface area contributed by atoms with Crippen LogP contribution >= 0.6 is 0 Å². The lowest BCUT2D eigenvalue weighted by molar-refractivity contribution is -0.122. The Balaban J connectivity index is 3.67. The van der Waals surface area contributed by atoms with E-state index in [1.54, 1.807) is 0 Å². The summed E-state index contributed by atoms with van der Waals surface area (Å²) in [6.07, 6.45) is 3.49. The average Bonchev–Trinajstić information content (AvgIpc) is 2.34. The largest absolute Gasteiger partial charge is 0.356 e. The molecule has 0 aromatic heterocycles. The molecule has 0 aliphatic carbocycles. The van der Waals surface area contributed by atoms with Crippen LogP contribution < -0.4 is 16.4 Å². The average molecular weight is 271 g/mol. The summed E-state index contributed by atoms with van der Waals surface area (Å²) in [7, 11) is 0. The summed E-state index contributed by atoms with van der Waals surface area (Å²) >= 11 is 0. The van der Waals surface area contributed by atoms with E-state index in [0.717, 1.165) is 19.3 Å². The van der Waals surface area contributed by atoms with Crippen LogP contribution in [-0.2, 0) is 9.59 Å². The van der Waals surface area contributed by atoms with Crippen LogP contribution in [0.2, 0.25) is 0 Å². The Morgan fingerprint density at radius 1 is 1.00 bits per heavy atom. The molecule has 0 radical (unpaired) electrons. The second-order valence-corrected chi connectivity index (χ2v) is 5.65. The fraction of sp³-hybridized carbons (Fsp3) is 0.857. The van der Waals surface area contributed by atoms with E-state index < -0.39 is 0 Å². The Hall–Kier alpha value is -1.10. The monoisotopic (exact) mass is 271 g/mol. The summed E-state index contributed by atoms with van der Waals surface area (Å²) in [5.74, 6) is -0.000926. The number of rotatable bonds is 10. The van der Waals surface area contributed by atoms with E-state index in [9.17, 15) is 9.59 Å². The minimum atomic E-state index is -0.00869. The maximum atomic E-state index is 11.6. The highest BCUT2D eigenvalue weighted by Gasteiger charge is 2.18. The van der Waals surface area contributed by atoms with Crippen molar-refractivity contribution in [3.05, 3.63) is 0 Å². The summed E-state index contributed by atoms with van der Waals surface area (Å²) in [4.78, 5) is 22.9. The van der Waals surface area contributed by atoms with Crippen molar-refractivity contribution < 1.29 is 9.59 Å². The van der Waals surface area contributed by atoms with Crippen molar-refractivity contribution >= 4 is 11.8 Å². The first-order valence-corrected chi connectivity index (χ1v) is 7.14. The van der Waals surface area contributed by atoms with Gasteiger partial charge in [0.15, 0.2) is 0 Å². The van der Waals surface area contributed by atoms with Gasteiger partial charge >= 0.3 is 0 Å². The second-order valence-electron chi connectivity index (χ2n) is 5.65. The molecule has 0 aliphatic heterocycles. The van der Waals surface area contributed by atoms with E-state index >= 15 is 0 Å². The predicted molar refractivity (Wildman–Crippen MR) is 77.6 cm³/mol. The molecule has 0 unspecified atom stereocenters. The molecule has 0 bridgehead atoms. The lowest BCUT2D eigenvalue weighted by atomic mass is 9.84. The Kier molecular flexibility index (Phi) is 9.21. The van der Waals surface area contributed by atoms with Crippen LogP contribution in [0.15, 0.2) is 0 Å². The topological polar surface area (TPSA) is 84.2 Å². The molecule has 0 aromatic carbocycles. The Labute approximate surface area is 116 Å². The highest BCUT2D eigenvalue weighted by atomic mass is 16.2. The van der Waals surface area contributed by atoms with Crippen molar-refractivity contribution in [3.63, 3.8) is 0 Å². The molecule has 0 aliphatic rings. The van der Waals surface area contributed by atoms with Gasteiger partial charge in [0, 0.05) is 25.9 Å². The van der Waals surface area contributed by atoms with Crippen molar-refractivity contribution in [2.45, 2.75) is 52.9 Å². The molecule has 5 nitrogen and oxygen atoms in total. The molecule has 0 saturated carbocycles. The number of nitrogens with one attached hydrogen (secondary N) is 2. The molecular formula is C14H29N3O2. The molecule has 2 amide bonds. The minimum Gasteiger partial charge on any atom is -0.356 e. The molecule has 5 heteroatoms. The summed E-state index contributed by atoms with van der Waals surface area (Å²) in [6.45, 7) is 7.99. The van der Waals surface area contributed by atoms with E-state index in [1.807, 2.05) is 6.92 Å². The minimum absolute atomic E-state index is 0.00777. The van der Waals surface area contributed by atoms with Crippen LogP contribution in [0.5, 0.6) is 0 Å². The number of carbonyl (C=O) groups excluding carboxylic acids is 2. The number of hydrogen-bond donors (Lipinski definition) is 3. The van der Waals surface area contributed by atoms with Crippen LogP contribution in [0.4, 0.5) is 0 Å². The van der Waals surface area contributed by atoms with E-state index in [0.29, 0.717) is 32.5 Å². The molecule has 4 N–H and O–H groups in total. The molecule has 0 spiro atoms. The predicted octanol–water partition coefficient (Wildman–Crippen LogP) is 1.17. The SMILES string of the molecule is CCCNC(=O)CCNC(=O)CCC(C)(C)CCN. The van der Waals surface area contributed by atoms with Gasteiger partial charge in [0.1, 0.15) is 0 Å². The smallest absolute Gasteiger partial charge is 0.221 e. The quantitative estimate of drug-likeness (QED) is 0.558. The number of hydrogen-bond acceptors (Lipinski definition) is 3. The van der Waals surface area contributed by atoms with Crippen LogP contribution in [0, 0.1) is 5.41 Å². The maximum absolute atomic E-state index is 11.6. The van der Waals surface area contributed by atoms with Crippen LogP contribution in [-0.4, -0.2) is 31.4 Å². The second kappa shape index (κ2) is 9.78. The van der Waals surface area contributed by atoms with Crippen LogP contribution in [0.3, 0.4) is 0 Å². The summed E-state index contributed by atoms with van der Waals surface area (Å²) < 4.78 is 0. The molecule has 0 aromatic rings. The van der Waals surface area contributed by atoms with E-state index in [1.165, 1.54) is 0 Å². The Morgan fingerprint density at radius 3 is 2.16 bits per heavy atom. The highest BCUT2D eigenvalue weighted by molar-refractivity contribution is 5.78. The van der Waals surface area contributed by atoms with Gasteiger partial charge in [-0.05, 0) is 31.2 Å². The van der Waals surface area contributed by atoms with Gasteiger partial charge in [-0.15, -0.1) is 0 Å². The third-order valence-corrected chi connectivity index (χ3v) is 3.10. The van der Waals surface area contributed by atoms with E-state index in [-0.39, 0.29) is 17.2 Å². The number of nitrogens with two attached hydrogens (primary N) is 1. The van der Waals surface area contributed by atoms with Crippen molar-refractivity contribution in [2.24, 2.45) is 11.1 Å². The summed E-state index contributed by atoms with van der Waals surface area (Å²) in [5.41, 5.74) is 5.63. The summed E-state index contributed by atoms with van der Waals surface area (Å²) in [5, 5.41) is 5.55. The van der Waals surface area contributed by atoms with Gasteiger partial charge in [-0.2, -0.15) is 0 Å². The van der Waals surface area contributed by atoms with E-state index in [2.05, 4.69) is 24.5 Å². The maximum Gasteiger partial charge on any atom is 0.221 e. The first kappa shape index (κ1) is 17.9. The Morgan fingerprint density at radius 2 is 1.58 bits per heavy atom. The third kappa shape index (κ3) is 10.5. The first-order valence-electron chi connectivity index (χ1n) is 7.14. The fourth-order valence-electron chi connectivity index (χ4n) is 1.72. The van der Waals surface area contributed by atoms with Crippen molar-refractivity contribution in [1.29, 1.82) is 0 Å². The zero-order valence-corrected chi connectivity index (χ0v) is 12.6. The van der Waals surface area contributed by atoms with Gasteiger partial charge < -0.3 is 16.4 Å². The molecular weight excluding hydrogens is 242 g/mol. The standard InChI is InChI=1S/C14H29N3O2/c1-4-10-16-13(19)6-11-17-12(18)5-7-14(2,3)8-9-15/h4-11,15H2,1-3H3,(H,16,19)(H,17,18).